The van der Waals surface area contributed by atoms with Gasteiger partial charge in [0.1, 0.15) is 16.8 Å². The van der Waals surface area contributed by atoms with Gasteiger partial charge in [-0.2, -0.15) is 8.42 Å². The SMILES string of the molecule is CS(=O)(=O)Cl.C[C@@H](c1ccc(Br)cc1)N1CC[C@](CCCN2CCCS2(=O)=O)(c2ccccc2)OC1=O.C[C@@H](c1ccc(Br)cc1)N1CC[C@](CCCO)(c2ccccc2)OC1=O.C[C@@H](c1ccc(Br)cc1)N1CC[C@](CCCOS(C)(=O)=O)(c2ccccc2)OC1=O.O=S1(=O)CCCN1. The standard InChI is InChI=1S/C24H29BrN2O4S.C22H26BrNO5S.C21H24BrNO3.C3H7NO2S.CH3ClO2S/c1-19(20-9-11-22(25)12-10-20)27-17-14-24(31-23(27)28,21-7-3-2-4-8-21)13-5-15-26-16-6-18-32(26,29)30;1-17(18-9-11-20(23)12-10-18)24-15-14-22(29-21(24)25,19-7-4-3-5-8-19)13-6-16-28-30(2,26)27;1-16(17-8-10-19(22)11-9-17)23-14-13-21(12-5-15-24,26-20(23)25)18-6-3-2-4-7-18;5-7(6)3-1-2-4-7;1-5(2,3)4/h2-4,7-12,19H,5-6,13-18H2,1H3;3-5,7-12,17H,6,13-16H2,1-2H3;2-4,6-11,16,24H,5,12-15H2,1H3;4H,1-3H2;1H3/t19-,24+;17-,22+;16-,21+;;/m000../s1. The van der Waals surface area contributed by atoms with Crippen LogP contribution in [0.4, 0.5) is 14.4 Å². The summed E-state index contributed by atoms with van der Waals surface area (Å²) in [4.78, 5) is 44.3. The average Bonchev–Trinajstić information content (AvgIpc) is 0.918. The fourth-order valence-corrected chi connectivity index (χ4v) is 16.5. The van der Waals surface area contributed by atoms with Crippen LogP contribution in [0, 0.1) is 0 Å². The first-order chi connectivity index (χ1) is 47.3. The van der Waals surface area contributed by atoms with Crippen LogP contribution in [-0.2, 0) is 74.4 Å². The second kappa shape index (κ2) is 37.3. The lowest BCUT2D eigenvalue weighted by molar-refractivity contribution is -0.0683. The first-order valence-electron chi connectivity index (χ1n) is 33.0. The summed E-state index contributed by atoms with van der Waals surface area (Å²) in [5.74, 6) is 0.543. The van der Waals surface area contributed by atoms with Gasteiger partial charge in [0.2, 0.25) is 29.1 Å². The third-order valence-electron chi connectivity index (χ3n) is 18.0. The Hall–Kier alpha value is -5.50. The second-order valence-electron chi connectivity index (χ2n) is 25.1. The number of aliphatic hydroxyl groups is 1. The van der Waals surface area contributed by atoms with E-state index in [0.717, 1.165) is 65.7 Å². The van der Waals surface area contributed by atoms with Crippen LogP contribution in [0.2, 0.25) is 0 Å². The van der Waals surface area contributed by atoms with E-state index in [0.29, 0.717) is 109 Å². The van der Waals surface area contributed by atoms with Gasteiger partial charge in [0.05, 0.1) is 48.7 Å². The average molecular weight is 1670 g/mol. The molecule has 0 aromatic heterocycles. The highest BCUT2D eigenvalue weighted by Crippen LogP contribution is 2.44. The van der Waals surface area contributed by atoms with Gasteiger partial charge in [0, 0.05) is 89.2 Å². The monoisotopic (exact) mass is 1670 g/mol. The number of rotatable bonds is 21. The van der Waals surface area contributed by atoms with Gasteiger partial charge in [-0.3, -0.25) is 4.18 Å². The Balaban J connectivity index is 0.000000194. The van der Waals surface area contributed by atoms with E-state index >= 15 is 0 Å². The molecule has 100 heavy (non-hydrogen) atoms. The minimum absolute atomic E-state index is 0.0535. The molecule has 5 heterocycles. The van der Waals surface area contributed by atoms with Crippen LogP contribution >= 0.6 is 58.5 Å². The molecule has 5 saturated heterocycles. The van der Waals surface area contributed by atoms with E-state index in [9.17, 15) is 53.2 Å². The zero-order chi connectivity index (χ0) is 72.9. The van der Waals surface area contributed by atoms with Crippen molar-refractivity contribution in [2.24, 2.45) is 0 Å². The van der Waals surface area contributed by atoms with E-state index in [2.05, 4.69) is 63.2 Å². The number of ether oxygens (including phenoxy) is 3. The number of hydrogen-bond donors (Lipinski definition) is 2. The highest BCUT2D eigenvalue weighted by Gasteiger charge is 2.46. The number of halogens is 4. The van der Waals surface area contributed by atoms with Crippen LogP contribution in [0.15, 0.2) is 177 Å². The van der Waals surface area contributed by atoms with Crippen LogP contribution < -0.4 is 4.72 Å². The van der Waals surface area contributed by atoms with Gasteiger partial charge in [-0.05, 0) is 142 Å². The number of carbonyl (C=O) groups excluding carboxylic acids is 3. The first-order valence-corrected chi connectivity index (χ1v) is 43.2. The third kappa shape index (κ3) is 24.3. The van der Waals surface area contributed by atoms with E-state index < -0.39 is 56.0 Å². The van der Waals surface area contributed by atoms with Crippen molar-refractivity contribution in [1.82, 2.24) is 23.7 Å². The second-order valence-corrected chi connectivity index (χ2v) is 36.5. The summed E-state index contributed by atoms with van der Waals surface area (Å²) < 4.78 is 116. The van der Waals surface area contributed by atoms with Crippen molar-refractivity contribution in [1.29, 1.82) is 0 Å². The number of hydrogen-bond acceptors (Lipinski definition) is 16. The molecule has 5 fully saturated rings. The molecule has 11 rings (SSSR count). The Morgan fingerprint density at radius 2 is 0.860 bits per heavy atom. The van der Waals surface area contributed by atoms with Gasteiger partial charge in [0.15, 0.2) is 0 Å². The molecule has 0 unspecified atom stereocenters. The Labute approximate surface area is 619 Å². The minimum atomic E-state index is -3.50. The van der Waals surface area contributed by atoms with Crippen molar-refractivity contribution in [3.05, 3.63) is 211 Å². The van der Waals surface area contributed by atoms with Gasteiger partial charge in [-0.15, -0.1) is 0 Å². The van der Waals surface area contributed by atoms with Gasteiger partial charge >= 0.3 is 18.3 Å². The highest BCUT2D eigenvalue weighted by atomic mass is 79.9. The smallest absolute Gasteiger partial charge is 0.411 e. The van der Waals surface area contributed by atoms with Gasteiger partial charge in [-0.25, -0.2) is 48.7 Å². The van der Waals surface area contributed by atoms with Crippen LogP contribution in [0.3, 0.4) is 0 Å². The molecule has 0 aliphatic carbocycles. The maximum Gasteiger partial charge on any atom is 0.411 e. The molecular weight excluding hydrogens is 1580 g/mol. The molecule has 0 bridgehead atoms. The predicted octanol–water partition coefficient (Wildman–Crippen LogP) is 14.6. The molecule has 0 saturated carbocycles. The summed E-state index contributed by atoms with van der Waals surface area (Å²) in [5.41, 5.74) is 3.84. The van der Waals surface area contributed by atoms with E-state index in [1.165, 1.54) is 0 Å². The number of sulfonamides is 2. The Bertz CT molecular complexity index is 4070. The van der Waals surface area contributed by atoms with E-state index in [4.69, 9.17) is 18.4 Å². The summed E-state index contributed by atoms with van der Waals surface area (Å²) in [7, 11) is -8.11. The van der Waals surface area contributed by atoms with Crippen LogP contribution in [0.25, 0.3) is 0 Å². The summed E-state index contributed by atoms with van der Waals surface area (Å²) in [6, 6.07) is 52.9. The van der Waals surface area contributed by atoms with Crippen molar-refractivity contribution in [2.45, 2.75) is 126 Å². The number of amides is 3. The number of benzene rings is 6. The molecule has 546 valence electrons. The highest BCUT2D eigenvalue weighted by molar-refractivity contribution is 9.11. The molecule has 6 aromatic rings. The maximum absolute atomic E-state index is 13.2. The van der Waals surface area contributed by atoms with Crippen molar-refractivity contribution >= 4 is 116 Å². The Kier molecular flexibility index (Phi) is 30.5. The Morgan fingerprint density at radius 3 is 1.13 bits per heavy atom. The molecule has 3 amide bonds. The molecule has 29 heteroatoms. The van der Waals surface area contributed by atoms with Crippen LogP contribution in [0.1, 0.15) is 143 Å². The summed E-state index contributed by atoms with van der Waals surface area (Å²) >= 11 is 10.3. The van der Waals surface area contributed by atoms with E-state index in [-0.39, 0.29) is 55.4 Å². The summed E-state index contributed by atoms with van der Waals surface area (Å²) in [6.45, 7) is 9.58. The number of aliphatic hydroxyl groups excluding tert-OH is 1. The maximum atomic E-state index is 13.2. The number of nitrogens with one attached hydrogen (secondary N) is 1. The largest absolute Gasteiger partial charge is 0.438 e. The van der Waals surface area contributed by atoms with Crippen molar-refractivity contribution < 1.29 is 71.6 Å². The first kappa shape index (κ1) is 81.8. The number of nitrogens with zero attached hydrogens (tertiary/aromatic N) is 4. The molecule has 5 aliphatic heterocycles. The topological polar surface area (TPSA) is 270 Å². The zero-order valence-electron chi connectivity index (χ0n) is 56.7. The lowest BCUT2D eigenvalue weighted by atomic mass is 9.84. The molecule has 0 radical (unpaired) electrons. The third-order valence-corrected chi connectivity index (χ3v) is 23.7. The summed E-state index contributed by atoms with van der Waals surface area (Å²) in [5, 5.41) is 9.28. The Morgan fingerprint density at radius 1 is 0.520 bits per heavy atom. The van der Waals surface area contributed by atoms with Crippen molar-refractivity contribution in [3.63, 3.8) is 0 Å². The lowest BCUT2D eigenvalue weighted by Gasteiger charge is -2.43. The number of carbonyl (C=O) groups is 3. The van der Waals surface area contributed by atoms with Gasteiger partial charge < -0.3 is 34.0 Å². The van der Waals surface area contributed by atoms with Crippen LogP contribution in [-0.4, -0.2) is 153 Å². The quantitative estimate of drug-likeness (QED) is 0.0293. The predicted molar refractivity (Wildman–Crippen MR) is 398 cm³/mol. The molecule has 0 spiro atoms. The fourth-order valence-electron chi connectivity index (χ4n) is 12.6. The minimum Gasteiger partial charge on any atom is -0.438 e. The normalized spacial score (nSPS) is 22.1. The van der Waals surface area contributed by atoms with Crippen molar-refractivity contribution in [3.8, 4) is 0 Å². The molecule has 6 aromatic carbocycles. The van der Waals surface area contributed by atoms with Crippen molar-refractivity contribution in [2.75, 3.05) is 76.5 Å². The van der Waals surface area contributed by atoms with E-state index in [1.54, 1.807) is 19.0 Å². The summed E-state index contributed by atoms with van der Waals surface area (Å²) in [6.07, 6.45) is 7.80. The number of cyclic esters (lactones) is 3. The fraction of sp³-hybridized carbons (Fsp3) is 0.451. The molecule has 2 N–H and O–H groups in total. The van der Waals surface area contributed by atoms with Gasteiger partial charge in [-0.1, -0.05) is 175 Å². The lowest BCUT2D eigenvalue weighted by Crippen LogP contribution is -2.49. The molecule has 6 atom stereocenters. The molecule has 21 nitrogen and oxygen atoms in total. The van der Waals surface area contributed by atoms with E-state index in [1.807, 2.05) is 185 Å². The van der Waals surface area contributed by atoms with Gasteiger partial charge in [0.25, 0.3) is 10.1 Å². The molecule has 5 aliphatic rings. The molecular formula is C71H89Br3ClN5O16S4. The zero-order valence-corrected chi connectivity index (χ0v) is 65.5. The van der Waals surface area contributed by atoms with Crippen LogP contribution in [0.5, 0.6) is 0 Å².